The third-order valence-electron chi connectivity index (χ3n) is 2.52. The molecular weight excluding hydrogens is 188 g/mol. The van der Waals surface area contributed by atoms with E-state index in [1.807, 2.05) is 32.0 Å². The van der Waals surface area contributed by atoms with Crippen molar-refractivity contribution in [2.24, 2.45) is 0 Å². The lowest BCUT2D eigenvalue weighted by molar-refractivity contribution is 0.176. The van der Waals surface area contributed by atoms with Crippen molar-refractivity contribution >= 4 is 0 Å². The summed E-state index contributed by atoms with van der Waals surface area (Å²) < 4.78 is 5.78. The third kappa shape index (κ3) is 3.24. The lowest BCUT2D eigenvalue weighted by atomic mass is 10.1. The molecule has 0 fully saturated rings. The van der Waals surface area contributed by atoms with Crippen LogP contribution in [0.3, 0.4) is 0 Å². The van der Waals surface area contributed by atoms with Gasteiger partial charge in [0.2, 0.25) is 0 Å². The van der Waals surface area contributed by atoms with E-state index in [4.69, 9.17) is 4.74 Å². The average Bonchev–Trinajstić information content (AvgIpc) is 2.17. The molecule has 0 amide bonds. The van der Waals surface area contributed by atoms with Gasteiger partial charge in [0.05, 0.1) is 12.2 Å². The first-order valence-electron chi connectivity index (χ1n) is 5.49. The molecule has 0 heterocycles. The lowest BCUT2D eigenvalue weighted by Crippen LogP contribution is -2.12. The van der Waals surface area contributed by atoms with Crippen LogP contribution in [0.15, 0.2) is 18.2 Å². The molecule has 0 saturated carbocycles. The molecule has 0 aliphatic heterocycles. The van der Waals surface area contributed by atoms with E-state index in [9.17, 15) is 5.11 Å². The fourth-order valence-electron chi connectivity index (χ4n) is 1.39. The molecule has 1 unspecified atom stereocenters. The largest absolute Gasteiger partial charge is 0.490 e. The second kappa shape index (κ2) is 5.17. The summed E-state index contributed by atoms with van der Waals surface area (Å²) in [6.45, 7) is 7.90. The Morgan fingerprint density at radius 3 is 2.53 bits per heavy atom. The Morgan fingerprint density at radius 2 is 2.00 bits per heavy atom. The van der Waals surface area contributed by atoms with Gasteiger partial charge in [-0.05, 0) is 38.8 Å². The van der Waals surface area contributed by atoms with Crippen molar-refractivity contribution < 1.29 is 9.84 Å². The van der Waals surface area contributed by atoms with Gasteiger partial charge in [-0.25, -0.2) is 0 Å². The molecule has 0 spiro atoms. The SMILES string of the molecule is CCC(C)Oc1cc(C)ccc1[C@@H](C)O. The van der Waals surface area contributed by atoms with Gasteiger partial charge in [0.15, 0.2) is 0 Å². The quantitative estimate of drug-likeness (QED) is 0.823. The van der Waals surface area contributed by atoms with E-state index in [2.05, 4.69) is 6.92 Å². The van der Waals surface area contributed by atoms with Crippen molar-refractivity contribution in [3.05, 3.63) is 29.3 Å². The number of aryl methyl sites for hydroxylation is 1. The van der Waals surface area contributed by atoms with Crippen LogP contribution in [0.4, 0.5) is 0 Å². The van der Waals surface area contributed by atoms with Gasteiger partial charge in [0, 0.05) is 5.56 Å². The number of aliphatic hydroxyl groups excluding tert-OH is 1. The number of aliphatic hydroxyl groups is 1. The Bertz CT molecular complexity index is 318. The average molecular weight is 208 g/mol. The first-order chi connectivity index (χ1) is 7.04. The molecule has 1 N–H and O–H groups in total. The van der Waals surface area contributed by atoms with E-state index in [1.54, 1.807) is 6.92 Å². The molecule has 84 valence electrons. The first-order valence-corrected chi connectivity index (χ1v) is 5.49. The molecular formula is C13H20O2. The molecule has 1 aromatic rings. The standard InChI is InChI=1S/C13H20O2/c1-5-10(3)15-13-8-9(2)6-7-12(13)11(4)14/h6-8,10-11,14H,5H2,1-4H3/t10?,11-/m1/s1. The van der Waals surface area contributed by atoms with E-state index < -0.39 is 6.10 Å². The molecule has 2 nitrogen and oxygen atoms in total. The molecule has 0 aromatic heterocycles. The van der Waals surface area contributed by atoms with Crippen LogP contribution in [-0.2, 0) is 0 Å². The fraction of sp³-hybridized carbons (Fsp3) is 0.538. The van der Waals surface area contributed by atoms with Gasteiger partial charge in [-0.15, -0.1) is 0 Å². The molecule has 2 heteroatoms. The molecule has 0 aliphatic rings. The van der Waals surface area contributed by atoms with Crippen LogP contribution < -0.4 is 4.74 Å². The highest BCUT2D eigenvalue weighted by Gasteiger charge is 2.11. The van der Waals surface area contributed by atoms with E-state index in [0.717, 1.165) is 23.3 Å². The van der Waals surface area contributed by atoms with Gasteiger partial charge < -0.3 is 9.84 Å². The van der Waals surface area contributed by atoms with Gasteiger partial charge >= 0.3 is 0 Å². The summed E-state index contributed by atoms with van der Waals surface area (Å²) in [6.07, 6.45) is 0.668. The van der Waals surface area contributed by atoms with Crippen molar-refractivity contribution in [2.75, 3.05) is 0 Å². The van der Waals surface area contributed by atoms with Crippen LogP contribution in [0.25, 0.3) is 0 Å². The van der Waals surface area contributed by atoms with Crippen LogP contribution in [0.2, 0.25) is 0 Å². The van der Waals surface area contributed by atoms with Gasteiger partial charge in [0.25, 0.3) is 0 Å². The van der Waals surface area contributed by atoms with E-state index in [-0.39, 0.29) is 6.10 Å². The summed E-state index contributed by atoms with van der Waals surface area (Å²) in [4.78, 5) is 0. The second-order valence-electron chi connectivity index (χ2n) is 4.05. The van der Waals surface area contributed by atoms with E-state index >= 15 is 0 Å². The Morgan fingerprint density at radius 1 is 1.33 bits per heavy atom. The van der Waals surface area contributed by atoms with E-state index in [0.29, 0.717) is 0 Å². The number of benzene rings is 1. The number of rotatable bonds is 4. The van der Waals surface area contributed by atoms with Crippen molar-refractivity contribution in [1.29, 1.82) is 0 Å². The van der Waals surface area contributed by atoms with E-state index in [1.165, 1.54) is 0 Å². The second-order valence-corrected chi connectivity index (χ2v) is 4.05. The summed E-state index contributed by atoms with van der Waals surface area (Å²) in [7, 11) is 0. The molecule has 1 aromatic carbocycles. The number of ether oxygens (including phenoxy) is 1. The topological polar surface area (TPSA) is 29.5 Å². The summed E-state index contributed by atoms with van der Waals surface area (Å²) in [6, 6.07) is 5.90. The van der Waals surface area contributed by atoms with Crippen LogP contribution >= 0.6 is 0 Å². The van der Waals surface area contributed by atoms with Gasteiger partial charge in [-0.3, -0.25) is 0 Å². The Kier molecular flexibility index (Phi) is 4.15. The first kappa shape index (κ1) is 12.1. The maximum absolute atomic E-state index is 9.60. The van der Waals surface area contributed by atoms with Crippen LogP contribution in [0.1, 0.15) is 44.4 Å². The van der Waals surface area contributed by atoms with Gasteiger partial charge in [-0.2, -0.15) is 0 Å². The highest BCUT2D eigenvalue weighted by atomic mass is 16.5. The predicted molar refractivity (Wildman–Crippen MR) is 62.2 cm³/mol. The van der Waals surface area contributed by atoms with Crippen molar-refractivity contribution in [2.45, 2.75) is 46.3 Å². The minimum Gasteiger partial charge on any atom is -0.490 e. The maximum Gasteiger partial charge on any atom is 0.125 e. The summed E-state index contributed by atoms with van der Waals surface area (Å²) in [5, 5.41) is 9.60. The smallest absolute Gasteiger partial charge is 0.125 e. The zero-order valence-corrected chi connectivity index (χ0v) is 9.95. The zero-order valence-electron chi connectivity index (χ0n) is 9.95. The molecule has 0 radical (unpaired) electrons. The Labute approximate surface area is 91.9 Å². The van der Waals surface area contributed by atoms with Crippen LogP contribution in [-0.4, -0.2) is 11.2 Å². The number of hydrogen-bond acceptors (Lipinski definition) is 2. The Hall–Kier alpha value is -1.02. The predicted octanol–water partition coefficient (Wildman–Crippen LogP) is 3.23. The van der Waals surface area contributed by atoms with Gasteiger partial charge in [-0.1, -0.05) is 19.1 Å². The number of hydrogen-bond donors (Lipinski definition) is 1. The lowest BCUT2D eigenvalue weighted by Gasteiger charge is -2.18. The van der Waals surface area contributed by atoms with Crippen LogP contribution in [0, 0.1) is 6.92 Å². The Balaban J connectivity index is 2.96. The summed E-state index contributed by atoms with van der Waals surface area (Å²) in [5.41, 5.74) is 2.01. The van der Waals surface area contributed by atoms with Gasteiger partial charge in [0.1, 0.15) is 5.75 Å². The summed E-state index contributed by atoms with van der Waals surface area (Å²) in [5.74, 6) is 0.805. The molecule has 0 saturated heterocycles. The highest BCUT2D eigenvalue weighted by Crippen LogP contribution is 2.27. The maximum atomic E-state index is 9.60. The van der Waals surface area contributed by atoms with Crippen molar-refractivity contribution in [1.82, 2.24) is 0 Å². The fourth-order valence-corrected chi connectivity index (χ4v) is 1.39. The van der Waals surface area contributed by atoms with Crippen LogP contribution in [0.5, 0.6) is 5.75 Å². The highest BCUT2D eigenvalue weighted by molar-refractivity contribution is 5.38. The molecule has 2 atom stereocenters. The normalized spacial score (nSPS) is 14.7. The zero-order chi connectivity index (χ0) is 11.4. The molecule has 0 bridgehead atoms. The van der Waals surface area contributed by atoms with Crippen molar-refractivity contribution in [3.63, 3.8) is 0 Å². The molecule has 1 rings (SSSR count). The van der Waals surface area contributed by atoms with Crippen molar-refractivity contribution in [3.8, 4) is 5.75 Å². The molecule has 0 aliphatic carbocycles. The minimum absolute atomic E-state index is 0.185. The third-order valence-corrected chi connectivity index (χ3v) is 2.52. The minimum atomic E-state index is -0.482. The molecule has 15 heavy (non-hydrogen) atoms. The summed E-state index contributed by atoms with van der Waals surface area (Å²) >= 11 is 0. The monoisotopic (exact) mass is 208 g/mol.